The molecule has 2 aliphatic heterocycles. The van der Waals surface area contributed by atoms with Crippen LogP contribution in [0.1, 0.15) is 22.3 Å². The number of amides is 1. The van der Waals surface area contributed by atoms with Crippen LogP contribution in [0.3, 0.4) is 0 Å². The van der Waals surface area contributed by atoms with Gasteiger partial charge in [0.1, 0.15) is 11.5 Å². The molecule has 1 N–H and O–H groups in total. The number of hydrogen-bond donors (Lipinski definition) is 1. The molecule has 0 saturated carbocycles. The molecule has 2 aromatic rings. The lowest BCUT2D eigenvalue weighted by molar-refractivity contribution is -0.384. The van der Waals surface area contributed by atoms with Crippen LogP contribution in [0.4, 0.5) is 21.5 Å². The molecule has 0 aromatic heterocycles. The fraction of sp³-hybridized carbons (Fsp3) is 0.350. The number of fused-ring (bicyclic) bond motifs is 1. The van der Waals surface area contributed by atoms with Crippen LogP contribution in [0, 0.1) is 15.9 Å². The van der Waals surface area contributed by atoms with E-state index in [0.29, 0.717) is 38.3 Å². The van der Waals surface area contributed by atoms with E-state index in [4.69, 9.17) is 0 Å². The summed E-state index contributed by atoms with van der Waals surface area (Å²) in [7, 11) is 0. The van der Waals surface area contributed by atoms with Gasteiger partial charge in [0, 0.05) is 50.0 Å². The average Bonchev–Trinajstić information content (AvgIpc) is 3.03. The second kappa shape index (κ2) is 7.46. The summed E-state index contributed by atoms with van der Waals surface area (Å²) < 4.78 is 14.0. The molecule has 4 rings (SSSR count). The summed E-state index contributed by atoms with van der Waals surface area (Å²) in [6.07, 6.45) is 1.40. The first kappa shape index (κ1) is 18.2. The Balaban J connectivity index is 1.59. The van der Waals surface area contributed by atoms with Gasteiger partial charge in [-0.05, 0) is 31.0 Å². The van der Waals surface area contributed by atoms with Crippen LogP contribution >= 0.6 is 0 Å². The minimum absolute atomic E-state index is 0.0618. The highest BCUT2D eigenvalue weighted by Crippen LogP contribution is 2.39. The van der Waals surface area contributed by atoms with Crippen molar-refractivity contribution < 1.29 is 14.1 Å². The van der Waals surface area contributed by atoms with E-state index in [1.54, 1.807) is 29.2 Å². The van der Waals surface area contributed by atoms with Crippen molar-refractivity contribution in [2.45, 2.75) is 12.8 Å². The number of benzene rings is 2. The zero-order valence-corrected chi connectivity index (χ0v) is 15.4. The summed E-state index contributed by atoms with van der Waals surface area (Å²) in [4.78, 5) is 27.6. The zero-order valence-electron chi connectivity index (χ0n) is 15.4. The van der Waals surface area contributed by atoms with Crippen LogP contribution in [-0.4, -0.2) is 48.5 Å². The lowest BCUT2D eigenvalue weighted by atomic mass is 10.1. The number of anilines is 2. The van der Waals surface area contributed by atoms with Crippen LogP contribution < -0.4 is 10.2 Å². The standard InChI is InChI=1S/C20H21FN4O3/c21-16-5-2-1-4-14(16)20(26)24-11-3-10-23(12-13-24)19-15-8-9-22-17(15)6-7-18(19)25(27)28/h1-2,4-7,22H,3,8-13H2. The van der Waals surface area contributed by atoms with Gasteiger partial charge in [0.15, 0.2) is 0 Å². The molecule has 28 heavy (non-hydrogen) atoms. The molecule has 0 spiro atoms. The van der Waals surface area contributed by atoms with Crippen LogP contribution in [-0.2, 0) is 6.42 Å². The third-order valence-electron chi connectivity index (χ3n) is 5.35. The Morgan fingerprint density at radius 3 is 2.71 bits per heavy atom. The molecule has 2 aliphatic rings. The summed E-state index contributed by atoms with van der Waals surface area (Å²) in [5, 5.41) is 14.9. The van der Waals surface area contributed by atoms with Gasteiger partial charge >= 0.3 is 0 Å². The van der Waals surface area contributed by atoms with Gasteiger partial charge in [-0.25, -0.2) is 4.39 Å². The molecule has 0 radical (unpaired) electrons. The Morgan fingerprint density at radius 2 is 1.93 bits per heavy atom. The van der Waals surface area contributed by atoms with E-state index in [2.05, 4.69) is 5.32 Å². The highest BCUT2D eigenvalue weighted by atomic mass is 19.1. The van der Waals surface area contributed by atoms with E-state index in [-0.39, 0.29) is 22.1 Å². The maximum atomic E-state index is 14.0. The van der Waals surface area contributed by atoms with Crippen molar-refractivity contribution in [3.8, 4) is 0 Å². The first-order chi connectivity index (χ1) is 13.6. The molecule has 1 fully saturated rings. The Hall–Kier alpha value is -3.16. The van der Waals surface area contributed by atoms with E-state index < -0.39 is 5.82 Å². The normalized spacial score (nSPS) is 16.3. The number of nitrogens with one attached hydrogen (secondary N) is 1. The van der Waals surface area contributed by atoms with Crippen molar-refractivity contribution in [2.24, 2.45) is 0 Å². The predicted octanol–water partition coefficient (Wildman–Crippen LogP) is 3.05. The molecule has 0 unspecified atom stereocenters. The topological polar surface area (TPSA) is 78.7 Å². The second-order valence-electron chi connectivity index (χ2n) is 7.01. The highest BCUT2D eigenvalue weighted by molar-refractivity contribution is 5.94. The van der Waals surface area contributed by atoms with Gasteiger partial charge in [-0.3, -0.25) is 14.9 Å². The Labute approximate surface area is 161 Å². The van der Waals surface area contributed by atoms with Gasteiger partial charge in [0.25, 0.3) is 11.6 Å². The fourth-order valence-electron chi connectivity index (χ4n) is 4.01. The summed E-state index contributed by atoms with van der Waals surface area (Å²) >= 11 is 0. The number of hydrogen-bond acceptors (Lipinski definition) is 5. The van der Waals surface area contributed by atoms with Gasteiger partial charge in [-0.15, -0.1) is 0 Å². The van der Waals surface area contributed by atoms with E-state index in [1.807, 2.05) is 4.90 Å². The summed E-state index contributed by atoms with van der Waals surface area (Å²) in [6.45, 7) is 2.72. The minimum Gasteiger partial charge on any atom is -0.384 e. The van der Waals surface area contributed by atoms with Crippen LogP contribution in [0.15, 0.2) is 36.4 Å². The summed E-state index contributed by atoms with van der Waals surface area (Å²) in [5.41, 5.74) is 2.70. The van der Waals surface area contributed by atoms with Gasteiger partial charge in [-0.1, -0.05) is 12.1 Å². The smallest absolute Gasteiger partial charge is 0.292 e. The molecule has 146 valence electrons. The number of carbonyl (C=O) groups excluding carboxylic acids is 1. The second-order valence-corrected chi connectivity index (χ2v) is 7.01. The number of carbonyl (C=O) groups is 1. The van der Waals surface area contributed by atoms with Crippen molar-refractivity contribution in [1.29, 1.82) is 0 Å². The van der Waals surface area contributed by atoms with Crippen molar-refractivity contribution in [3.63, 3.8) is 0 Å². The van der Waals surface area contributed by atoms with Crippen molar-refractivity contribution in [1.82, 2.24) is 4.90 Å². The Kier molecular flexibility index (Phi) is 4.85. The van der Waals surface area contributed by atoms with Gasteiger partial charge < -0.3 is 15.1 Å². The maximum Gasteiger partial charge on any atom is 0.292 e. The third-order valence-corrected chi connectivity index (χ3v) is 5.35. The molecule has 8 heteroatoms. The number of nitro groups is 1. The Morgan fingerprint density at radius 1 is 1.11 bits per heavy atom. The van der Waals surface area contributed by atoms with Gasteiger partial charge in [0.05, 0.1) is 10.5 Å². The molecule has 1 amide bonds. The summed E-state index contributed by atoms with van der Waals surface area (Å²) in [6, 6.07) is 9.26. The molecule has 2 aromatic carbocycles. The lowest BCUT2D eigenvalue weighted by Gasteiger charge is -2.25. The molecule has 0 atom stereocenters. The average molecular weight is 384 g/mol. The monoisotopic (exact) mass is 384 g/mol. The highest BCUT2D eigenvalue weighted by Gasteiger charge is 2.30. The molecule has 7 nitrogen and oxygen atoms in total. The van der Waals surface area contributed by atoms with Crippen molar-refractivity contribution >= 4 is 23.0 Å². The predicted molar refractivity (Wildman–Crippen MR) is 104 cm³/mol. The fourth-order valence-corrected chi connectivity index (χ4v) is 4.01. The molecule has 1 saturated heterocycles. The van der Waals surface area contributed by atoms with Crippen molar-refractivity contribution in [3.05, 3.63) is 63.5 Å². The van der Waals surface area contributed by atoms with E-state index in [9.17, 15) is 19.3 Å². The number of halogens is 1. The molecule has 2 heterocycles. The van der Waals surface area contributed by atoms with Gasteiger partial charge in [0.2, 0.25) is 0 Å². The van der Waals surface area contributed by atoms with Crippen LogP contribution in [0.2, 0.25) is 0 Å². The zero-order chi connectivity index (χ0) is 19.7. The van der Waals surface area contributed by atoms with E-state index in [1.165, 1.54) is 12.1 Å². The molecule has 0 bridgehead atoms. The van der Waals surface area contributed by atoms with E-state index in [0.717, 1.165) is 24.2 Å². The molecular weight excluding hydrogens is 363 g/mol. The number of rotatable bonds is 3. The molecular formula is C20H21FN4O3. The minimum atomic E-state index is -0.531. The van der Waals surface area contributed by atoms with E-state index >= 15 is 0 Å². The number of nitro benzene ring substituents is 1. The molecule has 0 aliphatic carbocycles. The Bertz CT molecular complexity index is 934. The summed E-state index contributed by atoms with van der Waals surface area (Å²) in [5.74, 6) is -0.870. The quantitative estimate of drug-likeness (QED) is 0.650. The first-order valence-corrected chi connectivity index (χ1v) is 9.39. The SMILES string of the molecule is O=C(c1ccccc1F)N1CCCN(c2c([N+](=O)[O-])ccc3c2CCN3)CC1. The third kappa shape index (κ3) is 3.26. The first-order valence-electron chi connectivity index (χ1n) is 9.39. The largest absolute Gasteiger partial charge is 0.384 e. The van der Waals surface area contributed by atoms with Crippen LogP contribution in [0.25, 0.3) is 0 Å². The number of nitrogens with zero attached hydrogens (tertiary/aromatic N) is 3. The van der Waals surface area contributed by atoms with Gasteiger partial charge in [-0.2, -0.15) is 0 Å². The van der Waals surface area contributed by atoms with Crippen molar-refractivity contribution in [2.75, 3.05) is 42.9 Å². The lowest BCUT2D eigenvalue weighted by Crippen LogP contribution is -2.36. The maximum absolute atomic E-state index is 14.0. The van der Waals surface area contributed by atoms with Crippen LogP contribution in [0.5, 0.6) is 0 Å².